The number of hydrogen-bond acceptors (Lipinski definition) is 4. The molecule has 0 saturated carbocycles. The van der Waals surface area contributed by atoms with Gasteiger partial charge in [0.25, 0.3) is 5.56 Å². The first-order valence-corrected chi connectivity index (χ1v) is 8.29. The lowest BCUT2D eigenvalue weighted by molar-refractivity contribution is 0.356. The Hall–Kier alpha value is -3.34. The third-order valence-electron chi connectivity index (χ3n) is 4.56. The standard InChI is InChI=1S/C21H18N2O3/c1-25-19-9-16-12-22-11-15(17(16)10-20(19)26-2)8-14-7-13-5-3-4-6-18(13)23-21(14)24/h3-7,9-12H,8H2,1-2H3,(H,23,24). The molecule has 130 valence electrons. The number of rotatable bonds is 4. The molecule has 4 aromatic rings. The number of H-pyrrole nitrogens is 1. The highest BCUT2D eigenvalue weighted by Gasteiger charge is 2.11. The van der Waals surface area contributed by atoms with Crippen LogP contribution in [0.3, 0.4) is 0 Å². The Morgan fingerprint density at radius 2 is 1.69 bits per heavy atom. The minimum Gasteiger partial charge on any atom is -0.493 e. The lowest BCUT2D eigenvalue weighted by Crippen LogP contribution is -2.12. The predicted molar refractivity (Wildman–Crippen MR) is 102 cm³/mol. The molecule has 0 spiro atoms. The number of pyridine rings is 2. The maximum Gasteiger partial charge on any atom is 0.251 e. The van der Waals surface area contributed by atoms with E-state index in [-0.39, 0.29) is 5.56 Å². The van der Waals surface area contributed by atoms with Gasteiger partial charge in [-0.25, -0.2) is 0 Å². The molecular formula is C21H18N2O3. The van der Waals surface area contributed by atoms with Gasteiger partial charge in [0.15, 0.2) is 11.5 Å². The summed E-state index contributed by atoms with van der Waals surface area (Å²) in [5.74, 6) is 1.31. The number of aromatic amines is 1. The third kappa shape index (κ3) is 2.77. The van der Waals surface area contributed by atoms with Gasteiger partial charge in [0.05, 0.1) is 14.2 Å². The van der Waals surface area contributed by atoms with Crippen molar-refractivity contribution in [2.45, 2.75) is 6.42 Å². The molecule has 0 aliphatic carbocycles. The van der Waals surface area contributed by atoms with Gasteiger partial charge in [0.2, 0.25) is 0 Å². The molecule has 1 N–H and O–H groups in total. The van der Waals surface area contributed by atoms with Crippen molar-refractivity contribution in [3.05, 3.63) is 76.3 Å². The van der Waals surface area contributed by atoms with Crippen LogP contribution in [0.5, 0.6) is 11.5 Å². The first-order valence-electron chi connectivity index (χ1n) is 8.29. The largest absolute Gasteiger partial charge is 0.493 e. The first-order chi connectivity index (χ1) is 12.7. The molecule has 26 heavy (non-hydrogen) atoms. The van der Waals surface area contributed by atoms with Gasteiger partial charge in [-0.15, -0.1) is 0 Å². The lowest BCUT2D eigenvalue weighted by atomic mass is 10.0. The van der Waals surface area contributed by atoms with Crippen LogP contribution in [0.1, 0.15) is 11.1 Å². The SMILES string of the molecule is COc1cc2cncc(Cc3cc4ccccc4[nH]c3=O)c2cc1OC. The van der Waals surface area contributed by atoms with E-state index in [4.69, 9.17) is 9.47 Å². The summed E-state index contributed by atoms with van der Waals surface area (Å²) < 4.78 is 10.8. The average Bonchev–Trinajstić information content (AvgIpc) is 2.67. The zero-order valence-electron chi connectivity index (χ0n) is 14.6. The topological polar surface area (TPSA) is 64.2 Å². The second kappa shape index (κ2) is 6.52. The van der Waals surface area contributed by atoms with Crippen molar-refractivity contribution in [3.63, 3.8) is 0 Å². The van der Waals surface area contributed by atoms with E-state index in [1.165, 1.54) is 0 Å². The molecule has 0 aliphatic heterocycles. The molecule has 2 aromatic heterocycles. The monoisotopic (exact) mass is 346 g/mol. The van der Waals surface area contributed by atoms with E-state index in [1.807, 2.05) is 42.5 Å². The lowest BCUT2D eigenvalue weighted by Gasteiger charge is -2.12. The van der Waals surface area contributed by atoms with E-state index in [9.17, 15) is 4.79 Å². The summed E-state index contributed by atoms with van der Waals surface area (Å²) in [6.07, 6.45) is 4.06. The van der Waals surface area contributed by atoms with E-state index in [2.05, 4.69) is 9.97 Å². The van der Waals surface area contributed by atoms with Crippen molar-refractivity contribution in [2.24, 2.45) is 0 Å². The average molecular weight is 346 g/mol. The van der Waals surface area contributed by atoms with Gasteiger partial charge in [-0.2, -0.15) is 0 Å². The fourth-order valence-corrected chi connectivity index (χ4v) is 3.23. The molecule has 4 rings (SSSR count). The summed E-state index contributed by atoms with van der Waals surface area (Å²) in [6.45, 7) is 0. The van der Waals surface area contributed by atoms with Crippen LogP contribution >= 0.6 is 0 Å². The fourth-order valence-electron chi connectivity index (χ4n) is 3.23. The molecule has 0 amide bonds. The first kappa shape index (κ1) is 16.1. The molecule has 0 bridgehead atoms. The maximum absolute atomic E-state index is 12.5. The minimum absolute atomic E-state index is 0.0822. The Labute approximate surface area is 150 Å². The summed E-state index contributed by atoms with van der Waals surface area (Å²) >= 11 is 0. The zero-order chi connectivity index (χ0) is 18.1. The van der Waals surface area contributed by atoms with Crippen LogP contribution in [0.4, 0.5) is 0 Å². The smallest absolute Gasteiger partial charge is 0.251 e. The number of nitrogens with one attached hydrogen (secondary N) is 1. The molecule has 2 aromatic carbocycles. The Kier molecular flexibility index (Phi) is 4.05. The van der Waals surface area contributed by atoms with Crippen molar-refractivity contribution in [1.29, 1.82) is 0 Å². The van der Waals surface area contributed by atoms with Crippen LogP contribution in [0, 0.1) is 0 Å². The van der Waals surface area contributed by atoms with Crippen molar-refractivity contribution < 1.29 is 9.47 Å². The number of methoxy groups -OCH3 is 2. The van der Waals surface area contributed by atoms with Gasteiger partial charge in [0.1, 0.15) is 0 Å². The molecule has 0 unspecified atom stereocenters. The van der Waals surface area contributed by atoms with Crippen molar-refractivity contribution >= 4 is 21.7 Å². The molecule has 0 atom stereocenters. The third-order valence-corrected chi connectivity index (χ3v) is 4.56. The molecule has 0 fully saturated rings. The maximum atomic E-state index is 12.5. The Balaban J connectivity index is 1.85. The normalized spacial score (nSPS) is 11.0. The fraction of sp³-hybridized carbons (Fsp3) is 0.143. The molecule has 0 aliphatic rings. The Morgan fingerprint density at radius 3 is 2.50 bits per heavy atom. The van der Waals surface area contributed by atoms with E-state index < -0.39 is 0 Å². The number of hydrogen-bond donors (Lipinski definition) is 1. The van der Waals surface area contributed by atoms with Crippen LogP contribution in [-0.4, -0.2) is 24.2 Å². The Bertz CT molecular complexity index is 1160. The van der Waals surface area contributed by atoms with Crippen molar-refractivity contribution in [1.82, 2.24) is 9.97 Å². The minimum atomic E-state index is -0.0822. The van der Waals surface area contributed by atoms with Gasteiger partial charge in [0, 0.05) is 35.3 Å². The number of benzene rings is 2. The molecular weight excluding hydrogens is 328 g/mol. The summed E-state index contributed by atoms with van der Waals surface area (Å²) in [5.41, 5.74) is 2.42. The van der Waals surface area contributed by atoms with E-state index in [0.717, 1.165) is 27.2 Å². The molecule has 0 radical (unpaired) electrons. The molecule has 5 nitrogen and oxygen atoms in total. The summed E-state index contributed by atoms with van der Waals surface area (Å²) in [4.78, 5) is 19.7. The van der Waals surface area contributed by atoms with Gasteiger partial charge in [-0.1, -0.05) is 18.2 Å². The highest BCUT2D eigenvalue weighted by Crippen LogP contribution is 2.33. The highest BCUT2D eigenvalue weighted by molar-refractivity contribution is 5.88. The molecule has 2 heterocycles. The number of aromatic nitrogens is 2. The Morgan fingerprint density at radius 1 is 0.923 bits per heavy atom. The van der Waals surface area contributed by atoms with Gasteiger partial charge in [-0.3, -0.25) is 9.78 Å². The summed E-state index contributed by atoms with van der Waals surface area (Å²) in [5, 5.41) is 2.94. The van der Waals surface area contributed by atoms with Crippen LogP contribution in [0.25, 0.3) is 21.7 Å². The van der Waals surface area contributed by atoms with Gasteiger partial charge in [-0.05, 0) is 40.6 Å². The van der Waals surface area contributed by atoms with Gasteiger partial charge >= 0.3 is 0 Å². The van der Waals surface area contributed by atoms with E-state index in [0.29, 0.717) is 23.5 Å². The quantitative estimate of drug-likeness (QED) is 0.612. The van der Waals surface area contributed by atoms with Gasteiger partial charge < -0.3 is 14.5 Å². The number of fused-ring (bicyclic) bond motifs is 2. The number of ether oxygens (including phenoxy) is 2. The van der Waals surface area contributed by atoms with Crippen LogP contribution in [0.2, 0.25) is 0 Å². The second-order valence-electron chi connectivity index (χ2n) is 6.11. The van der Waals surface area contributed by atoms with E-state index >= 15 is 0 Å². The van der Waals surface area contributed by atoms with Crippen LogP contribution in [-0.2, 0) is 6.42 Å². The molecule has 5 heteroatoms. The number of para-hydroxylation sites is 1. The summed E-state index contributed by atoms with van der Waals surface area (Å²) in [6, 6.07) is 13.5. The van der Waals surface area contributed by atoms with Crippen molar-refractivity contribution in [3.8, 4) is 11.5 Å². The highest BCUT2D eigenvalue weighted by atomic mass is 16.5. The van der Waals surface area contributed by atoms with Crippen molar-refractivity contribution in [2.75, 3.05) is 14.2 Å². The zero-order valence-corrected chi connectivity index (χ0v) is 14.6. The van der Waals surface area contributed by atoms with Crippen LogP contribution < -0.4 is 15.0 Å². The predicted octanol–water partition coefficient (Wildman–Crippen LogP) is 3.68. The van der Waals surface area contributed by atoms with E-state index in [1.54, 1.807) is 26.6 Å². The summed E-state index contributed by atoms with van der Waals surface area (Å²) in [7, 11) is 3.22. The second-order valence-corrected chi connectivity index (χ2v) is 6.11. The number of nitrogens with zero attached hydrogens (tertiary/aromatic N) is 1. The molecule has 0 saturated heterocycles. The van der Waals surface area contributed by atoms with Crippen LogP contribution in [0.15, 0.2) is 59.7 Å².